The number of esters is 2. The van der Waals surface area contributed by atoms with Crippen LogP contribution in [0.5, 0.6) is 0 Å². The van der Waals surface area contributed by atoms with Gasteiger partial charge >= 0.3 is 18.1 Å². The van der Waals surface area contributed by atoms with E-state index in [1.807, 2.05) is 0 Å². The van der Waals surface area contributed by atoms with Crippen LogP contribution >= 0.6 is 23.2 Å². The normalized spacial score (nSPS) is 16.8. The van der Waals surface area contributed by atoms with Crippen molar-refractivity contribution >= 4 is 35.1 Å². The maximum absolute atomic E-state index is 15.2. The fraction of sp³-hybridized carbons (Fsp3) is 0.400. The first kappa shape index (κ1) is 25.9. The number of methoxy groups -OCH3 is 1. The molecule has 0 bridgehead atoms. The molecule has 12 heteroatoms. The molecular formula is C20H18Cl2F5NO4. The first-order valence-corrected chi connectivity index (χ1v) is 9.92. The zero-order chi connectivity index (χ0) is 24.4. The van der Waals surface area contributed by atoms with E-state index in [4.69, 9.17) is 27.9 Å². The highest BCUT2D eigenvalue weighted by molar-refractivity contribution is 6.35. The lowest BCUT2D eigenvalue weighted by atomic mass is 9.78. The molecule has 0 saturated carbocycles. The van der Waals surface area contributed by atoms with Crippen LogP contribution in [0.3, 0.4) is 0 Å². The van der Waals surface area contributed by atoms with Crippen LogP contribution in [0.25, 0.3) is 0 Å². The van der Waals surface area contributed by atoms with Crippen LogP contribution in [-0.2, 0) is 25.2 Å². The predicted octanol–water partition coefficient (Wildman–Crippen LogP) is 5.46. The largest absolute Gasteiger partial charge is 0.466 e. The van der Waals surface area contributed by atoms with Crippen molar-refractivity contribution in [2.75, 3.05) is 20.4 Å². The second kappa shape index (κ2) is 10.1. The van der Waals surface area contributed by atoms with Gasteiger partial charge < -0.3 is 14.8 Å². The summed E-state index contributed by atoms with van der Waals surface area (Å²) in [5.74, 6) is -6.06. The van der Waals surface area contributed by atoms with E-state index in [0.29, 0.717) is 12.5 Å². The van der Waals surface area contributed by atoms with Crippen LogP contribution in [0.2, 0.25) is 10.0 Å². The third-order valence-electron chi connectivity index (χ3n) is 4.62. The second-order valence-electron chi connectivity index (χ2n) is 6.69. The maximum Gasteiger partial charge on any atom is 0.418 e. The van der Waals surface area contributed by atoms with Gasteiger partial charge in [-0.25, -0.2) is 18.4 Å². The Labute approximate surface area is 190 Å². The lowest BCUT2D eigenvalue weighted by Gasteiger charge is -2.32. The third-order valence-corrected chi connectivity index (χ3v) is 5.19. The summed E-state index contributed by atoms with van der Waals surface area (Å²) in [6.07, 6.45) is -4.84. The zero-order valence-electron chi connectivity index (χ0n) is 17.1. The van der Waals surface area contributed by atoms with Gasteiger partial charge in [-0.2, -0.15) is 13.2 Å². The van der Waals surface area contributed by atoms with Crippen LogP contribution in [0.4, 0.5) is 22.0 Å². The van der Waals surface area contributed by atoms with E-state index in [2.05, 4.69) is 10.1 Å². The minimum absolute atomic E-state index is 0.111. The highest BCUT2D eigenvalue weighted by atomic mass is 35.5. The van der Waals surface area contributed by atoms with Crippen molar-refractivity contribution in [2.45, 2.75) is 32.4 Å². The number of halogens is 7. The fourth-order valence-corrected chi connectivity index (χ4v) is 3.94. The molecule has 5 nitrogen and oxygen atoms in total. The fourth-order valence-electron chi connectivity index (χ4n) is 3.36. The van der Waals surface area contributed by atoms with Crippen LogP contribution in [-0.4, -0.2) is 32.3 Å². The number of hydrogen-bond acceptors (Lipinski definition) is 5. The number of carbonyl (C=O) groups is 2. The van der Waals surface area contributed by atoms with Crippen molar-refractivity contribution in [1.29, 1.82) is 0 Å². The molecule has 2 rings (SSSR count). The molecule has 1 heterocycles. The highest BCUT2D eigenvalue weighted by Gasteiger charge is 2.47. The predicted molar refractivity (Wildman–Crippen MR) is 106 cm³/mol. The summed E-state index contributed by atoms with van der Waals surface area (Å²) in [4.78, 5) is 25.3. The molecule has 0 spiro atoms. The van der Waals surface area contributed by atoms with Crippen molar-refractivity contribution in [3.8, 4) is 0 Å². The molecule has 0 radical (unpaired) electrons. The second-order valence-corrected chi connectivity index (χ2v) is 7.51. The topological polar surface area (TPSA) is 64.6 Å². The summed E-state index contributed by atoms with van der Waals surface area (Å²) in [6, 6.07) is 0.551. The van der Waals surface area contributed by atoms with Gasteiger partial charge in [-0.3, -0.25) is 0 Å². The number of rotatable bonds is 6. The van der Waals surface area contributed by atoms with Gasteiger partial charge in [-0.1, -0.05) is 30.1 Å². The van der Waals surface area contributed by atoms with Gasteiger partial charge in [0.15, 0.2) is 0 Å². The van der Waals surface area contributed by atoms with Crippen molar-refractivity contribution in [3.05, 3.63) is 55.6 Å². The number of ether oxygens (including phenoxy) is 2. The van der Waals surface area contributed by atoms with Gasteiger partial charge in [0.25, 0.3) is 0 Å². The summed E-state index contributed by atoms with van der Waals surface area (Å²) in [5, 5.41) is 0.698. The summed E-state index contributed by atoms with van der Waals surface area (Å²) in [6.45, 7) is 1.45. The van der Waals surface area contributed by atoms with Gasteiger partial charge in [0, 0.05) is 11.3 Å². The van der Waals surface area contributed by atoms with E-state index in [1.54, 1.807) is 6.92 Å². The van der Waals surface area contributed by atoms with E-state index < -0.39 is 74.5 Å². The summed E-state index contributed by atoms with van der Waals surface area (Å²) in [7, 11) is 0.897. The maximum atomic E-state index is 15.2. The molecule has 1 N–H and O–H groups in total. The lowest BCUT2D eigenvalue weighted by Crippen LogP contribution is -2.35. The van der Waals surface area contributed by atoms with Crippen LogP contribution in [0, 0.1) is 5.82 Å². The minimum atomic E-state index is -5.22. The molecule has 0 fully saturated rings. The standard InChI is InChI=1S/C20H18Cl2F5NO4/c1-4-5-32-19(30)12-8(2)28-11(7-23)13(18(29)31-3)14(12)15-16(20(25,26)27)9(21)6-10(22)17(15)24/h6,14,28H,4-5,7H2,1-3H3. The van der Waals surface area contributed by atoms with Crippen LogP contribution in [0.1, 0.15) is 37.3 Å². The molecule has 32 heavy (non-hydrogen) atoms. The molecule has 1 aliphatic rings. The number of carbonyl (C=O) groups excluding carboxylic acids is 2. The van der Waals surface area contributed by atoms with Gasteiger partial charge in [-0.05, 0) is 19.4 Å². The molecular weight excluding hydrogens is 484 g/mol. The van der Waals surface area contributed by atoms with Crippen LogP contribution in [0.15, 0.2) is 28.6 Å². The Morgan fingerprint density at radius 1 is 1.16 bits per heavy atom. The summed E-state index contributed by atoms with van der Waals surface area (Å²) < 4.78 is 80.4. The molecule has 0 saturated heterocycles. The third kappa shape index (κ3) is 4.85. The average molecular weight is 502 g/mol. The molecule has 1 unspecified atom stereocenters. The highest BCUT2D eigenvalue weighted by Crippen LogP contribution is 2.49. The van der Waals surface area contributed by atoms with Crippen molar-refractivity contribution in [1.82, 2.24) is 5.32 Å². The molecule has 0 aromatic heterocycles. The van der Waals surface area contributed by atoms with Crippen molar-refractivity contribution in [3.63, 3.8) is 0 Å². The van der Waals surface area contributed by atoms with Gasteiger partial charge in [0.05, 0.1) is 52.1 Å². The average Bonchev–Trinajstić information content (AvgIpc) is 2.71. The van der Waals surface area contributed by atoms with Gasteiger partial charge in [-0.15, -0.1) is 0 Å². The quantitative estimate of drug-likeness (QED) is 0.318. The SMILES string of the molecule is CCCOC(=O)C1=C(C)NC(CF)=C(C(=O)OC)C1c1c(F)c(Cl)cc(Cl)c1C(F)(F)F. The molecule has 1 atom stereocenters. The Morgan fingerprint density at radius 2 is 1.78 bits per heavy atom. The summed E-state index contributed by atoms with van der Waals surface area (Å²) >= 11 is 11.5. The number of dihydropyridines is 1. The first-order chi connectivity index (χ1) is 14.9. The van der Waals surface area contributed by atoms with Gasteiger partial charge in [0.2, 0.25) is 0 Å². The van der Waals surface area contributed by atoms with E-state index >= 15 is 4.39 Å². The molecule has 1 aliphatic heterocycles. The van der Waals surface area contributed by atoms with E-state index in [-0.39, 0.29) is 12.3 Å². The smallest absolute Gasteiger partial charge is 0.418 e. The van der Waals surface area contributed by atoms with Crippen molar-refractivity contribution < 1.29 is 41.0 Å². The number of hydrogen-bond donors (Lipinski definition) is 1. The van der Waals surface area contributed by atoms with E-state index in [0.717, 1.165) is 7.11 Å². The van der Waals surface area contributed by atoms with Gasteiger partial charge in [0.1, 0.15) is 12.5 Å². The number of allylic oxidation sites excluding steroid dienone is 2. The van der Waals surface area contributed by atoms with Crippen LogP contribution < -0.4 is 5.32 Å². The van der Waals surface area contributed by atoms with E-state index in [9.17, 15) is 27.2 Å². The Kier molecular flexibility index (Phi) is 8.17. The minimum Gasteiger partial charge on any atom is -0.466 e. The Balaban J connectivity index is 3.01. The monoisotopic (exact) mass is 501 g/mol. The molecule has 0 amide bonds. The Morgan fingerprint density at radius 3 is 2.28 bits per heavy atom. The summed E-state index contributed by atoms with van der Waals surface area (Å²) in [5.41, 5.74) is -4.81. The lowest BCUT2D eigenvalue weighted by molar-refractivity contribution is -0.141. The number of benzene rings is 1. The first-order valence-electron chi connectivity index (χ1n) is 9.17. The zero-order valence-corrected chi connectivity index (χ0v) is 18.6. The van der Waals surface area contributed by atoms with Crippen molar-refractivity contribution in [2.24, 2.45) is 0 Å². The number of nitrogens with one attached hydrogen (secondary N) is 1. The number of alkyl halides is 4. The molecule has 0 aliphatic carbocycles. The van der Waals surface area contributed by atoms with E-state index in [1.165, 1.54) is 6.92 Å². The molecule has 176 valence electrons. The Bertz CT molecular complexity index is 1000. The Hall–Kier alpha value is -2.33. The molecule has 1 aromatic carbocycles. The molecule has 1 aromatic rings.